The second-order valence-electron chi connectivity index (χ2n) is 6.40. The van der Waals surface area contributed by atoms with Gasteiger partial charge in [0, 0.05) is 37.9 Å². The largest absolute Gasteiger partial charge is 0.454 e. The number of pyridine rings is 1. The van der Waals surface area contributed by atoms with Gasteiger partial charge in [0.15, 0.2) is 5.58 Å². The molecule has 1 saturated heterocycles. The molecule has 7 nitrogen and oxygen atoms in total. The van der Waals surface area contributed by atoms with E-state index in [1.54, 1.807) is 12.4 Å². The zero-order valence-electron chi connectivity index (χ0n) is 14.0. The molecule has 130 valence electrons. The van der Waals surface area contributed by atoms with Crippen LogP contribution in [0.2, 0.25) is 0 Å². The van der Waals surface area contributed by atoms with Gasteiger partial charge in [-0.05, 0) is 23.8 Å². The van der Waals surface area contributed by atoms with Crippen LogP contribution in [0.1, 0.15) is 0 Å². The van der Waals surface area contributed by atoms with Gasteiger partial charge in [0.1, 0.15) is 11.4 Å². The molecule has 3 aromatic heterocycles. The topological polar surface area (TPSA) is 87.0 Å². The summed E-state index contributed by atoms with van der Waals surface area (Å²) in [5.74, 6) is 0.820. The average Bonchev–Trinajstić information content (AvgIpc) is 3.23. The Morgan fingerprint density at radius 1 is 1.00 bits per heavy atom. The Hall–Kier alpha value is -3.19. The lowest BCUT2D eigenvalue weighted by atomic mass is 10.1. The van der Waals surface area contributed by atoms with E-state index in [1.165, 1.54) is 0 Å². The first-order chi connectivity index (χ1) is 12.8. The number of H-pyrrole nitrogens is 1. The second-order valence-corrected chi connectivity index (χ2v) is 6.40. The van der Waals surface area contributed by atoms with Gasteiger partial charge in [-0.3, -0.25) is 9.89 Å². The first kappa shape index (κ1) is 15.1. The molecule has 0 saturated carbocycles. The Kier molecular flexibility index (Phi) is 3.46. The zero-order valence-corrected chi connectivity index (χ0v) is 14.0. The highest BCUT2D eigenvalue weighted by Gasteiger charge is 2.15. The van der Waals surface area contributed by atoms with Crippen molar-refractivity contribution in [1.82, 2.24) is 20.5 Å². The van der Waals surface area contributed by atoms with Crippen LogP contribution >= 0.6 is 0 Å². The molecule has 1 aliphatic heterocycles. The van der Waals surface area contributed by atoms with Crippen molar-refractivity contribution >= 4 is 27.8 Å². The number of aromatic nitrogens is 3. The van der Waals surface area contributed by atoms with Crippen LogP contribution in [0, 0.1) is 0 Å². The summed E-state index contributed by atoms with van der Waals surface area (Å²) in [6, 6.07) is 7.43. The third kappa shape index (κ3) is 2.44. The van der Waals surface area contributed by atoms with Crippen molar-refractivity contribution < 1.29 is 4.42 Å². The van der Waals surface area contributed by atoms with Crippen LogP contribution in [0.4, 0.5) is 5.82 Å². The normalized spacial score (nSPS) is 15.0. The number of aromatic amines is 1. The molecule has 0 spiro atoms. The minimum absolute atomic E-state index is 0.0289. The minimum atomic E-state index is -0.0289. The molecule has 1 aliphatic rings. The van der Waals surface area contributed by atoms with E-state index < -0.39 is 0 Å². The van der Waals surface area contributed by atoms with Crippen molar-refractivity contribution in [3.05, 3.63) is 53.1 Å². The van der Waals surface area contributed by atoms with E-state index in [1.807, 2.05) is 30.5 Å². The highest BCUT2D eigenvalue weighted by Crippen LogP contribution is 2.26. The van der Waals surface area contributed by atoms with E-state index in [-0.39, 0.29) is 5.43 Å². The number of nitrogens with one attached hydrogen (secondary N) is 2. The molecule has 1 aromatic carbocycles. The summed E-state index contributed by atoms with van der Waals surface area (Å²) in [6.07, 6.45) is 5.20. The molecular weight excluding hydrogens is 330 g/mol. The maximum atomic E-state index is 13.0. The predicted molar refractivity (Wildman–Crippen MR) is 100 cm³/mol. The van der Waals surface area contributed by atoms with Gasteiger partial charge in [-0.2, -0.15) is 5.10 Å². The first-order valence-electron chi connectivity index (χ1n) is 8.61. The highest BCUT2D eigenvalue weighted by atomic mass is 16.3. The maximum absolute atomic E-state index is 13.0. The zero-order chi connectivity index (χ0) is 17.5. The molecule has 26 heavy (non-hydrogen) atoms. The number of piperazine rings is 1. The standard InChI is InChI=1S/C19H17N5O2/c25-19-14-2-1-12(13-9-22-23-10-13)7-16(14)26-17-11-21-18(8-15(17)19)24-5-3-20-4-6-24/h1-2,7-11,20H,3-6H2,(H,22,23). The monoisotopic (exact) mass is 347 g/mol. The number of rotatable bonds is 2. The predicted octanol–water partition coefficient (Wildman–Crippen LogP) is 2.14. The van der Waals surface area contributed by atoms with Crippen molar-refractivity contribution in [2.45, 2.75) is 0 Å². The van der Waals surface area contributed by atoms with Crippen LogP contribution in [0.15, 0.2) is 52.1 Å². The average molecular weight is 347 g/mol. The summed E-state index contributed by atoms with van der Waals surface area (Å²) in [4.78, 5) is 19.7. The highest BCUT2D eigenvalue weighted by molar-refractivity contribution is 5.92. The van der Waals surface area contributed by atoms with Crippen LogP contribution in [0.5, 0.6) is 0 Å². The van der Waals surface area contributed by atoms with Crippen LogP contribution in [0.3, 0.4) is 0 Å². The summed E-state index contributed by atoms with van der Waals surface area (Å²) >= 11 is 0. The Bertz CT molecular complexity index is 1140. The van der Waals surface area contributed by atoms with Crippen molar-refractivity contribution in [1.29, 1.82) is 0 Å². The van der Waals surface area contributed by atoms with E-state index >= 15 is 0 Å². The number of hydrogen-bond donors (Lipinski definition) is 2. The van der Waals surface area contributed by atoms with Gasteiger partial charge in [-0.15, -0.1) is 0 Å². The molecular formula is C19H17N5O2. The van der Waals surface area contributed by atoms with Crippen LogP contribution < -0.4 is 15.6 Å². The lowest BCUT2D eigenvalue weighted by Crippen LogP contribution is -2.43. The second kappa shape index (κ2) is 5.96. The van der Waals surface area contributed by atoms with Crippen LogP contribution in [-0.4, -0.2) is 41.4 Å². The molecule has 0 radical (unpaired) electrons. The van der Waals surface area contributed by atoms with Gasteiger partial charge in [-0.25, -0.2) is 4.98 Å². The van der Waals surface area contributed by atoms with Gasteiger partial charge < -0.3 is 14.6 Å². The van der Waals surface area contributed by atoms with E-state index in [0.29, 0.717) is 21.9 Å². The number of hydrogen-bond acceptors (Lipinski definition) is 6. The van der Waals surface area contributed by atoms with E-state index in [9.17, 15) is 4.79 Å². The molecule has 0 atom stereocenters. The number of nitrogens with zero attached hydrogens (tertiary/aromatic N) is 3. The van der Waals surface area contributed by atoms with Crippen molar-refractivity contribution in [2.75, 3.05) is 31.1 Å². The minimum Gasteiger partial charge on any atom is -0.454 e. The van der Waals surface area contributed by atoms with Crippen LogP contribution in [-0.2, 0) is 0 Å². The van der Waals surface area contributed by atoms with Crippen LogP contribution in [0.25, 0.3) is 33.1 Å². The lowest BCUT2D eigenvalue weighted by molar-refractivity contribution is 0.584. The molecule has 0 unspecified atom stereocenters. The van der Waals surface area contributed by atoms with Gasteiger partial charge in [0.25, 0.3) is 0 Å². The first-order valence-corrected chi connectivity index (χ1v) is 8.61. The van der Waals surface area contributed by atoms with Crippen molar-refractivity contribution in [2.24, 2.45) is 0 Å². The fourth-order valence-electron chi connectivity index (χ4n) is 3.40. The Balaban J connectivity index is 1.66. The Morgan fingerprint density at radius 2 is 1.88 bits per heavy atom. The van der Waals surface area contributed by atoms with Crippen molar-refractivity contribution in [3.63, 3.8) is 0 Å². The van der Waals surface area contributed by atoms with E-state index in [2.05, 4.69) is 25.4 Å². The molecule has 1 fully saturated rings. The quantitative estimate of drug-likeness (QED) is 0.540. The number of benzene rings is 1. The summed E-state index contributed by atoms with van der Waals surface area (Å²) in [5.41, 5.74) is 2.92. The molecule has 2 N–H and O–H groups in total. The van der Waals surface area contributed by atoms with E-state index in [0.717, 1.165) is 43.1 Å². The summed E-state index contributed by atoms with van der Waals surface area (Å²) in [7, 11) is 0. The fourth-order valence-corrected chi connectivity index (χ4v) is 3.40. The summed E-state index contributed by atoms with van der Waals surface area (Å²) in [6.45, 7) is 3.60. The lowest BCUT2D eigenvalue weighted by Gasteiger charge is -2.28. The molecule has 5 rings (SSSR count). The van der Waals surface area contributed by atoms with Crippen molar-refractivity contribution in [3.8, 4) is 11.1 Å². The number of anilines is 1. The molecule has 0 amide bonds. The molecule has 7 heteroatoms. The third-order valence-electron chi connectivity index (χ3n) is 4.82. The molecule has 0 aliphatic carbocycles. The molecule has 0 bridgehead atoms. The Morgan fingerprint density at radius 3 is 2.69 bits per heavy atom. The van der Waals surface area contributed by atoms with Gasteiger partial charge >= 0.3 is 0 Å². The third-order valence-corrected chi connectivity index (χ3v) is 4.82. The number of fused-ring (bicyclic) bond motifs is 2. The van der Waals surface area contributed by atoms with E-state index in [4.69, 9.17) is 4.42 Å². The maximum Gasteiger partial charge on any atom is 0.200 e. The fraction of sp³-hybridized carbons (Fsp3) is 0.211. The van der Waals surface area contributed by atoms with Gasteiger partial charge in [-0.1, -0.05) is 6.07 Å². The summed E-state index contributed by atoms with van der Waals surface area (Å²) < 4.78 is 5.98. The molecule has 4 heterocycles. The smallest absolute Gasteiger partial charge is 0.200 e. The Labute approximate surface area is 148 Å². The van der Waals surface area contributed by atoms with Gasteiger partial charge in [0.2, 0.25) is 5.43 Å². The SMILES string of the molecule is O=c1c2ccc(-c3cn[nH]c3)cc2oc2cnc(N3CCNCC3)cc12. The molecule has 4 aromatic rings. The van der Waals surface area contributed by atoms with Gasteiger partial charge in [0.05, 0.1) is 23.2 Å². The summed E-state index contributed by atoms with van der Waals surface area (Å²) in [5, 5.41) is 11.2.